The Bertz CT molecular complexity index is 1400. The van der Waals surface area contributed by atoms with E-state index in [0.717, 1.165) is 6.07 Å². The number of amides is 1. The summed E-state index contributed by atoms with van der Waals surface area (Å²) in [5.41, 5.74) is -0.0627. The van der Waals surface area contributed by atoms with E-state index < -0.39 is 20.9 Å². The van der Waals surface area contributed by atoms with Crippen LogP contribution in [0.15, 0.2) is 83.3 Å². The van der Waals surface area contributed by atoms with Crippen LogP contribution in [0, 0.1) is 21.4 Å². The van der Waals surface area contributed by atoms with Gasteiger partial charge in [0.1, 0.15) is 22.3 Å². The van der Waals surface area contributed by atoms with Crippen molar-refractivity contribution in [3.05, 3.63) is 99.1 Å². The average Bonchev–Trinajstić information content (AvgIpc) is 2.77. The van der Waals surface area contributed by atoms with Gasteiger partial charge in [-0.1, -0.05) is 29.8 Å². The Balaban J connectivity index is 1.80. The Labute approximate surface area is 193 Å². The Morgan fingerprint density at radius 2 is 1.79 bits per heavy atom. The molecule has 1 amide bonds. The zero-order valence-corrected chi connectivity index (χ0v) is 18.2. The summed E-state index contributed by atoms with van der Waals surface area (Å²) in [6, 6.07) is 18.2. The minimum Gasteiger partial charge on any atom is -0.379 e. The molecule has 0 fully saturated rings. The molecule has 0 atom stereocenters. The van der Waals surface area contributed by atoms with Crippen LogP contribution in [0.1, 0.15) is 5.56 Å². The molecule has 0 aliphatic carbocycles. The monoisotopic (exact) mass is 483 g/mol. The summed E-state index contributed by atoms with van der Waals surface area (Å²) >= 11 is 5.77. The van der Waals surface area contributed by atoms with Gasteiger partial charge in [-0.3, -0.25) is 14.9 Å². The van der Waals surface area contributed by atoms with Gasteiger partial charge in [0.2, 0.25) is 0 Å². The Kier molecular flexibility index (Phi) is 7.07. The van der Waals surface area contributed by atoms with Gasteiger partial charge in [-0.2, -0.15) is 13.7 Å². The minimum absolute atomic E-state index is 0.0323. The van der Waals surface area contributed by atoms with Gasteiger partial charge in [0.15, 0.2) is 0 Å². The number of non-ortho nitro benzene ring substituents is 1. The second-order valence-electron chi connectivity index (χ2n) is 6.50. The fourth-order valence-electron chi connectivity index (χ4n) is 2.64. The lowest BCUT2D eigenvalue weighted by Crippen LogP contribution is -2.13. The van der Waals surface area contributed by atoms with Crippen molar-refractivity contribution in [2.75, 3.05) is 5.32 Å². The number of rotatable bonds is 7. The molecule has 3 aromatic carbocycles. The van der Waals surface area contributed by atoms with Crippen molar-refractivity contribution in [1.82, 2.24) is 0 Å². The van der Waals surface area contributed by atoms with E-state index in [4.69, 9.17) is 15.8 Å². The molecule has 0 spiro atoms. The second-order valence-corrected chi connectivity index (χ2v) is 8.48. The number of nitriles is 1. The van der Waals surface area contributed by atoms with Crippen LogP contribution in [0.25, 0.3) is 6.08 Å². The van der Waals surface area contributed by atoms with Gasteiger partial charge >= 0.3 is 10.1 Å². The summed E-state index contributed by atoms with van der Waals surface area (Å²) in [7, 11) is -4.13. The summed E-state index contributed by atoms with van der Waals surface area (Å²) in [5, 5.41) is 23.0. The van der Waals surface area contributed by atoms with Gasteiger partial charge in [0, 0.05) is 22.8 Å². The van der Waals surface area contributed by atoms with Crippen LogP contribution in [0.3, 0.4) is 0 Å². The maximum Gasteiger partial charge on any atom is 0.339 e. The first-order valence-corrected chi connectivity index (χ1v) is 10.9. The molecule has 9 nitrogen and oxygen atoms in total. The fourth-order valence-corrected chi connectivity index (χ4v) is 3.69. The molecule has 1 N–H and O–H groups in total. The zero-order chi connectivity index (χ0) is 24.0. The van der Waals surface area contributed by atoms with Crippen molar-refractivity contribution in [1.29, 1.82) is 5.26 Å². The van der Waals surface area contributed by atoms with Crippen molar-refractivity contribution in [2.24, 2.45) is 0 Å². The molecule has 0 saturated carbocycles. The summed E-state index contributed by atoms with van der Waals surface area (Å²) in [6.45, 7) is 0. The highest BCUT2D eigenvalue weighted by molar-refractivity contribution is 7.87. The lowest BCUT2D eigenvalue weighted by atomic mass is 10.1. The van der Waals surface area contributed by atoms with Crippen LogP contribution in [0.2, 0.25) is 5.02 Å². The molecule has 0 bridgehead atoms. The number of hydrogen-bond acceptors (Lipinski definition) is 7. The Morgan fingerprint density at radius 3 is 2.45 bits per heavy atom. The summed E-state index contributed by atoms with van der Waals surface area (Å²) in [5.74, 6) is -0.826. The van der Waals surface area contributed by atoms with Gasteiger partial charge in [-0.05, 0) is 54.1 Å². The average molecular weight is 484 g/mol. The first-order chi connectivity index (χ1) is 15.7. The van der Waals surface area contributed by atoms with Crippen LogP contribution in [-0.4, -0.2) is 19.2 Å². The quantitative estimate of drug-likeness (QED) is 0.171. The maximum atomic E-state index is 12.4. The second kappa shape index (κ2) is 9.95. The van der Waals surface area contributed by atoms with E-state index in [9.17, 15) is 28.6 Å². The van der Waals surface area contributed by atoms with Crippen molar-refractivity contribution in [3.63, 3.8) is 0 Å². The standard InChI is InChI=1S/C22H14ClN3O6S/c23-17-7-9-21(10-8-17)33(30,31)32-20-6-1-3-15(12-20)11-16(14-24)22(27)25-18-4-2-5-19(13-18)26(28)29/h1-13H,(H,25,27)/b16-11-. The number of carbonyl (C=O) groups excluding carboxylic acids is 1. The number of anilines is 1. The van der Waals surface area contributed by atoms with E-state index in [1.165, 1.54) is 66.7 Å². The maximum absolute atomic E-state index is 12.4. The third-order valence-corrected chi connectivity index (χ3v) is 5.67. The number of hydrogen-bond donors (Lipinski definition) is 1. The lowest BCUT2D eigenvalue weighted by Gasteiger charge is -2.08. The van der Waals surface area contributed by atoms with E-state index in [1.807, 2.05) is 0 Å². The molecule has 0 aliphatic heterocycles. The number of nitro groups is 1. The predicted molar refractivity (Wildman–Crippen MR) is 121 cm³/mol. The molecule has 0 radical (unpaired) electrons. The predicted octanol–water partition coefficient (Wildman–Crippen LogP) is 4.56. The number of nitrogens with zero attached hydrogens (tertiary/aromatic N) is 2. The third kappa shape index (κ3) is 6.16. The minimum atomic E-state index is -4.13. The fraction of sp³-hybridized carbons (Fsp3) is 0. The van der Waals surface area contributed by atoms with Crippen molar-refractivity contribution < 1.29 is 22.3 Å². The molecule has 0 aromatic heterocycles. The van der Waals surface area contributed by atoms with Gasteiger partial charge in [-0.15, -0.1) is 0 Å². The Morgan fingerprint density at radius 1 is 1.09 bits per heavy atom. The number of carbonyl (C=O) groups is 1. The SMILES string of the molecule is N#C/C(=C/c1cccc(OS(=O)(=O)c2ccc(Cl)cc2)c1)C(=O)Nc1cccc([N+](=O)[O-])c1. The molecule has 0 unspecified atom stereocenters. The highest BCUT2D eigenvalue weighted by Crippen LogP contribution is 2.23. The van der Waals surface area contributed by atoms with E-state index in [2.05, 4.69) is 5.32 Å². The molecule has 0 saturated heterocycles. The van der Waals surface area contributed by atoms with E-state index in [1.54, 1.807) is 12.1 Å². The molecule has 11 heteroatoms. The normalized spacial score (nSPS) is 11.3. The first-order valence-electron chi connectivity index (χ1n) is 9.16. The van der Waals surface area contributed by atoms with E-state index in [-0.39, 0.29) is 27.6 Å². The van der Waals surface area contributed by atoms with Crippen molar-refractivity contribution >= 4 is 45.1 Å². The molecule has 3 rings (SSSR count). The highest BCUT2D eigenvalue weighted by Gasteiger charge is 2.17. The molecular formula is C22H14ClN3O6S. The third-order valence-electron chi connectivity index (χ3n) is 4.16. The van der Waals surface area contributed by atoms with Crippen LogP contribution < -0.4 is 9.50 Å². The van der Waals surface area contributed by atoms with Gasteiger partial charge in [0.05, 0.1) is 4.92 Å². The molecule has 33 heavy (non-hydrogen) atoms. The molecule has 0 heterocycles. The smallest absolute Gasteiger partial charge is 0.339 e. The number of nitrogens with one attached hydrogen (secondary N) is 1. The highest BCUT2D eigenvalue weighted by atomic mass is 35.5. The summed E-state index contributed by atoms with van der Waals surface area (Å²) < 4.78 is 30.0. The van der Waals surface area contributed by atoms with Gasteiger partial charge < -0.3 is 9.50 Å². The van der Waals surface area contributed by atoms with Gasteiger partial charge in [0.25, 0.3) is 11.6 Å². The number of nitro benzene ring substituents is 1. The first kappa shape index (κ1) is 23.5. The van der Waals surface area contributed by atoms with Crippen LogP contribution in [0.5, 0.6) is 5.75 Å². The van der Waals surface area contributed by atoms with E-state index >= 15 is 0 Å². The van der Waals surface area contributed by atoms with Crippen molar-refractivity contribution in [3.8, 4) is 11.8 Å². The molecule has 3 aromatic rings. The topological polar surface area (TPSA) is 139 Å². The van der Waals surface area contributed by atoms with E-state index in [0.29, 0.717) is 10.6 Å². The Hall–Kier alpha value is -4.20. The van der Waals surface area contributed by atoms with Crippen molar-refractivity contribution in [2.45, 2.75) is 4.90 Å². The van der Waals surface area contributed by atoms with Crippen LogP contribution in [0.4, 0.5) is 11.4 Å². The van der Waals surface area contributed by atoms with Crippen LogP contribution >= 0.6 is 11.6 Å². The summed E-state index contributed by atoms with van der Waals surface area (Å²) in [4.78, 5) is 22.6. The lowest BCUT2D eigenvalue weighted by molar-refractivity contribution is -0.384. The zero-order valence-electron chi connectivity index (χ0n) is 16.6. The van der Waals surface area contributed by atoms with Crippen LogP contribution in [-0.2, 0) is 14.9 Å². The van der Waals surface area contributed by atoms with Gasteiger partial charge in [-0.25, -0.2) is 0 Å². The largest absolute Gasteiger partial charge is 0.379 e. The number of benzene rings is 3. The molecular weight excluding hydrogens is 470 g/mol. The summed E-state index contributed by atoms with van der Waals surface area (Å²) in [6.07, 6.45) is 1.23. The molecule has 0 aliphatic rings. The number of halogens is 1. The molecule has 166 valence electrons.